The molecule has 0 bridgehead atoms. The fourth-order valence-corrected chi connectivity index (χ4v) is 1.99. The van der Waals surface area contributed by atoms with E-state index in [1.807, 2.05) is 0 Å². The number of nitrogens with one attached hydrogen (secondary N) is 1. The number of hydrogen-bond acceptors (Lipinski definition) is 4. The van der Waals surface area contributed by atoms with Crippen molar-refractivity contribution in [2.75, 3.05) is 11.9 Å². The van der Waals surface area contributed by atoms with E-state index in [1.54, 1.807) is 0 Å². The molecule has 122 valence electrons. The molecule has 0 aliphatic carbocycles. The first kappa shape index (κ1) is 17.8. The van der Waals surface area contributed by atoms with Crippen LogP contribution in [0.5, 0.6) is 5.75 Å². The summed E-state index contributed by atoms with van der Waals surface area (Å²) < 4.78 is 5.02. The first-order valence-electron chi connectivity index (χ1n) is 7.54. The van der Waals surface area contributed by atoms with Gasteiger partial charge in [0, 0.05) is 5.69 Å². The third kappa shape index (κ3) is 6.47. The summed E-state index contributed by atoms with van der Waals surface area (Å²) in [6.07, 6.45) is 5.98. The molecule has 3 N–H and O–H groups in total. The molecule has 0 radical (unpaired) electrons. The molecule has 0 unspecified atom stereocenters. The molecule has 1 amide bonds. The largest absolute Gasteiger partial charge is 0.507 e. The van der Waals surface area contributed by atoms with Crippen molar-refractivity contribution in [1.29, 1.82) is 0 Å². The zero-order valence-electron chi connectivity index (χ0n) is 12.8. The van der Waals surface area contributed by atoms with Crippen molar-refractivity contribution in [2.24, 2.45) is 0 Å². The Labute approximate surface area is 130 Å². The lowest BCUT2D eigenvalue weighted by Crippen LogP contribution is -2.14. The van der Waals surface area contributed by atoms with Gasteiger partial charge in [0.15, 0.2) is 0 Å². The zero-order chi connectivity index (χ0) is 16.4. The number of unbranched alkanes of at least 4 members (excludes halogenated alkanes) is 5. The number of carbonyl (C=O) groups excluding carboxylic acids is 1. The lowest BCUT2D eigenvalue weighted by Gasteiger charge is -2.08. The van der Waals surface area contributed by atoms with E-state index in [4.69, 9.17) is 9.84 Å². The summed E-state index contributed by atoms with van der Waals surface area (Å²) in [4.78, 5) is 22.4. The van der Waals surface area contributed by atoms with Crippen LogP contribution in [0.2, 0.25) is 0 Å². The Hall–Kier alpha value is -2.24. The third-order valence-corrected chi connectivity index (χ3v) is 3.20. The normalized spacial score (nSPS) is 10.2. The first-order chi connectivity index (χ1) is 10.5. The van der Waals surface area contributed by atoms with Gasteiger partial charge in [-0.2, -0.15) is 0 Å². The average molecular weight is 309 g/mol. The zero-order valence-corrected chi connectivity index (χ0v) is 12.8. The monoisotopic (exact) mass is 309 g/mol. The number of phenols is 1. The second-order valence-corrected chi connectivity index (χ2v) is 5.07. The minimum Gasteiger partial charge on any atom is -0.507 e. The molecule has 1 aromatic carbocycles. The van der Waals surface area contributed by atoms with Gasteiger partial charge in [-0.3, -0.25) is 5.32 Å². The molecule has 6 heteroatoms. The van der Waals surface area contributed by atoms with Crippen LogP contribution in [0.15, 0.2) is 18.2 Å². The van der Waals surface area contributed by atoms with Crippen LogP contribution in [-0.2, 0) is 4.74 Å². The highest BCUT2D eigenvalue weighted by Gasteiger charge is 2.11. The molecule has 0 saturated heterocycles. The van der Waals surface area contributed by atoms with Crippen molar-refractivity contribution < 1.29 is 24.5 Å². The predicted octanol–water partition coefficient (Wildman–Crippen LogP) is 4.00. The molecular weight excluding hydrogens is 286 g/mol. The minimum absolute atomic E-state index is 0.267. The van der Waals surface area contributed by atoms with E-state index in [-0.39, 0.29) is 17.0 Å². The summed E-state index contributed by atoms with van der Waals surface area (Å²) in [6, 6.07) is 3.81. The third-order valence-electron chi connectivity index (χ3n) is 3.20. The highest BCUT2D eigenvalue weighted by molar-refractivity contribution is 5.93. The molecule has 0 fully saturated rings. The molecule has 0 aliphatic rings. The van der Waals surface area contributed by atoms with Crippen molar-refractivity contribution in [3.63, 3.8) is 0 Å². The topological polar surface area (TPSA) is 95.9 Å². The lowest BCUT2D eigenvalue weighted by molar-refractivity contribution is 0.0693. The van der Waals surface area contributed by atoms with E-state index >= 15 is 0 Å². The molecule has 1 aromatic rings. The second-order valence-electron chi connectivity index (χ2n) is 5.07. The Morgan fingerprint density at radius 3 is 2.50 bits per heavy atom. The minimum atomic E-state index is -1.26. The Balaban J connectivity index is 2.30. The fourth-order valence-electron chi connectivity index (χ4n) is 1.99. The van der Waals surface area contributed by atoms with Crippen LogP contribution in [0.4, 0.5) is 10.5 Å². The van der Waals surface area contributed by atoms with E-state index < -0.39 is 12.1 Å². The maximum absolute atomic E-state index is 11.6. The van der Waals surface area contributed by atoms with E-state index in [2.05, 4.69) is 12.2 Å². The molecule has 0 spiro atoms. The molecule has 1 rings (SSSR count). The predicted molar refractivity (Wildman–Crippen MR) is 83.4 cm³/mol. The van der Waals surface area contributed by atoms with E-state index in [1.165, 1.54) is 37.5 Å². The van der Waals surface area contributed by atoms with Gasteiger partial charge in [-0.05, 0) is 24.6 Å². The average Bonchev–Trinajstić information content (AvgIpc) is 2.48. The van der Waals surface area contributed by atoms with Crippen molar-refractivity contribution in [3.05, 3.63) is 23.8 Å². The summed E-state index contributed by atoms with van der Waals surface area (Å²) in [6.45, 7) is 2.49. The maximum atomic E-state index is 11.6. The van der Waals surface area contributed by atoms with Crippen LogP contribution in [-0.4, -0.2) is 28.9 Å². The van der Waals surface area contributed by atoms with Gasteiger partial charge in [-0.1, -0.05) is 39.0 Å². The number of ether oxygens (including phenoxy) is 1. The maximum Gasteiger partial charge on any atom is 0.411 e. The highest BCUT2D eigenvalue weighted by Crippen LogP contribution is 2.21. The molecule has 6 nitrogen and oxygen atoms in total. The number of carboxylic acids is 1. The summed E-state index contributed by atoms with van der Waals surface area (Å²) in [5.41, 5.74) is -0.00290. The van der Waals surface area contributed by atoms with Crippen molar-refractivity contribution in [1.82, 2.24) is 0 Å². The van der Waals surface area contributed by atoms with E-state index in [0.717, 1.165) is 19.3 Å². The van der Waals surface area contributed by atoms with Gasteiger partial charge in [-0.15, -0.1) is 0 Å². The Bertz CT molecular complexity index is 501. The smallest absolute Gasteiger partial charge is 0.411 e. The second kappa shape index (κ2) is 9.65. The first-order valence-corrected chi connectivity index (χ1v) is 7.54. The van der Waals surface area contributed by atoms with Crippen molar-refractivity contribution in [3.8, 4) is 5.75 Å². The van der Waals surface area contributed by atoms with Gasteiger partial charge in [0.1, 0.15) is 11.3 Å². The van der Waals surface area contributed by atoms with Gasteiger partial charge in [0.05, 0.1) is 6.61 Å². The van der Waals surface area contributed by atoms with Crippen molar-refractivity contribution >= 4 is 17.7 Å². The molecule has 0 saturated carbocycles. The van der Waals surface area contributed by atoms with Crippen LogP contribution >= 0.6 is 0 Å². The number of hydrogen-bond donors (Lipinski definition) is 3. The Morgan fingerprint density at radius 2 is 1.82 bits per heavy atom. The van der Waals surface area contributed by atoms with Crippen LogP contribution in [0.3, 0.4) is 0 Å². The molecule has 22 heavy (non-hydrogen) atoms. The standard InChI is InChI=1S/C16H23NO5/c1-2-3-4-5-6-7-10-22-16(21)17-12-8-9-14(18)13(11-12)15(19)20/h8-9,11,18H,2-7,10H2,1H3,(H,17,21)(H,19,20). The van der Waals surface area contributed by atoms with Gasteiger partial charge >= 0.3 is 12.1 Å². The van der Waals surface area contributed by atoms with Crippen LogP contribution in [0.25, 0.3) is 0 Å². The van der Waals surface area contributed by atoms with E-state index in [0.29, 0.717) is 6.61 Å². The van der Waals surface area contributed by atoms with Gasteiger partial charge < -0.3 is 14.9 Å². The van der Waals surface area contributed by atoms with Crippen LogP contribution in [0, 0.1) is 0 Å². The van der Waals surface area contributed by atoms with Gasteiger partial charge in [0.25, 0.3) is 0 Å². The van der Waals surface area contributed by atoms with Crippen molar-refractivity contribution in [2.45, 2.75) is 45.4 Å². The summed E-state index contributed by atoms with van der Waals surface area (Å²) in [5.74, 6) is -1.61. The number of aromatic carboxylic acids is 1. The Morgan fingerprint density at radius 1 is 1.14 bits per heavy atom. The quantitative estimate of drug-likeness (QED) is 0.473. The molecule has 0 aromatic heterocycles. The van der Waals surface area contributed by atoms with Crippen LogP contribution in [0.1, 0.15) is 55.8 Å². The number of carboxylic acid groups (broad SMARTS) is 1. The molecule has 0 atom stereocenters. The number of anilines is 1. The molecule has 0 aliphatic heterocycles. The SMILES string of the molecule is CCCCCCCCOC(=O)Nc1ccc(O)c(C(=O)O)c1. The van der Waals surface area contributed by atoms with Crippen LogP contribution < -0.4 is 5.32 Å². The molecular formula is C16H23NO5. The number of benzene rings is 1. The highest BCUT2D eigenvalue weighted by atomic mass is 16.5. The number of amides is 1. The summed E-state index contributed by atoms with van der Waals surface area (Å²) >= 11 is 0. The summed E-state index contributed by atoms with van der Waals surface area (Å²) in [7, 11) is 0. The van der Waals surface area contributed by atoms with Gasteiger partial charge in [0.2, 0.25) is 0 Å². The Kier molecular flexibility index (Phi) is 7.81. The van der Waals surface area contributed by atoms with Gasteiger partial charge in [-0.25, -0.2) is 9.59 Å². The molecule has 0 heterocycles. The number of aromatic hydroxyl groups is 1. The summed E-state index contributed by atoms with van der Waals surface area (Å²) in [5, 5.41) is 20.7. The fraction of sp³-hybridized carbons (Fsp3) is 0.500. The van der Waals surface area contributed by atoms with E-state index in [9.17, 15) is 14.7 Å². The lowest BCUT2D eigenvalue weighted by atomic mass is 10.1. The number of rotatable bonds is 9. The number of carbonyl (C=O) groups is 2.